The molecule has 100 valence electrons. The Balaban J connectivity index is 2.32. The van der Waals surface area contributed by atoms with Gasteiger partial charge >= 0.3 is 0 Å². The van der Waals surface area contributed by atoms with Gasteiger partial charge in [0.1, 0.15) is 0 Å². The molecule has 1 aromatic rings. The van der Waals surface area contributed by atoms with Crippen LogP contribution in [0.4, 0.5) is 0 Å². The lowest BCUT2D eigenvalue weighted by Gasteiger charge is -2.26. The zero-order chi connectivity index (χ0) is 13.3. The Kier molecular flexibility index (Phi) is 7.14. The van der Waals surface area contributed by atoms with Crippen LogP contribution in [-0.2, 0) is 0 Å². The molecule has 1 rings (SSSR count). The van der Waals surface area contributed by atoms with Crippen LogP contribution in [0.1, 0.15) is 26.7 Å². The molecule has 0 fully saturated rings. The highest BCUT2D eigenvalue weighted by Crippen LogP contribution is 2.27. The summed E-state index contributed by atoms with van der Waals surface area (Å²) in [5.41, 5.74) is 0.205. The van der Waals surface area contributed by atoms with E-state index in [1.807, 2.05) is 11.8 Å². The Morgan fingerprint density at radius 2 is 2.06 bits per heavy atom. The molecular formula is C16H25NS. The van der Waals surface area contributed by atoms with Gasteiger partial charge in [-0.1, -0.05) is 38.1 Å². The first kappa shape index (κ1) is 15.3. The number of benzene rings is 1. The highest BCUT2D eigenvalue weighted by Gasteiger charge is 2.19. The first-order chi connectivity index (χ1) is 8.70. The van der Waals surface area contributed by atoms with Crippen LogP contribution in [0.25, 0.3) is 0 Å². The van der Waals surface area contributed by atoms with Gasteiger partial charge in [0.25, 0.3) is 0 Å². The largest absolute Gasteiger partial charge is 0.316 e. The molecule has 1 aromatic carbocycles. The van der Waals surface area contributed by atoms with Crippen molar-refractivity contribution in [1.82, 2.24) is 5.32 Å². The van der Waals surface area contributed by atoms with Gasteiger partial charge < -0.3 is 5.32 Å². The van der Waals surface area contributed by atoms with Crippen LogP contribution in [0.3, 0.4) is 0 Å². The molecule has 0 bridgehead atoms. The second-order valence-corrected chi connectivity index (χ2v) is 6.11. The standard InChI is InChI=1S/C16H25NS/c1-4-12-17-14-16(3,5-2)11-13-18-15-9-7-6-8-10-15/h5-10,17H,2,4,11-14H2,1,3H3. The van der Waals surface area contributed by atoms with Crippen LogP contribution in [0.2, 0.25) is 0 Å². The fourth-order valence-electron chi connectivity index (χ4n) is 1.73. The van der Waals surface area contributed by atoms with Crippen molar-refractivity contribution < 1.29 is 0 Å². The van der Waals surface area contributed by atoms with Crippen LogP contribution in [0.15, 0.2) is 47.9 Å². The molecule has 0 saturated carbocycles. The summed E-state index contributed by atoms with van der Waals surface area (Å²) in [6.45, 7) is 10.6. The van der Waals surface area contributed by atoms with Crippen molar-refractivity contribution >= 4 is 11.8 Å². The smallest absolute Gasteiger partial charge is 0.00719 e. The minimum absolute atomic E-state index is 0.205. The van der Waals surface area contributed by atoms with E-state index in [1.165, 1.54) is 11.3 Å². The summed E-state index contributed by atoms with van der Waals surface area (Å²) in [5, 5.41) is 3.49. The maximum absolute atomic E-state index is 3.99. The third kappa shape index (κ3) is 5.74. The van der Waals surface area contributed by atoms with E-state index in [0.29, 0.717) is 0 Å². The molecule has 2 heteroatoms. The van der Waals surface area contributed by atoms with Crippen molar-refractivity contribution in [2.75, 3.05) is 18.8 Å². The summed E-state index contributed by atoms with van der Waals surface area (Å²) < 4.78 is 0. The third-order valence-corrected chi connectivity index (χ3v) is 4.15. The molecule has 0 saturated heterocycles. The summed E-state index contributed by atoms with van der Waals surface area (Å²) in [5.74, 6) is 1.14. The van der Waals surface area contributed by atoms with Crippen molar-refractivity contribution in [3.05, 3.63) is 43.0 Å². The van der Waals surface area contributed by atoms with Crippen molar-refractivity contribution in [2.45, 2.75) is 31.6 Å². The third-order valence-electron chi connectivity index (χ3n) is 3.13. The van der Waals surface area contributed by atoms with E-state index in [4.69, 9.17) is 0 Å². The minimum atomic E-state index is 0.205. The fraction of sp³-hybridized carbons (Fsp3) is 0.500. The van der Waals surface area contributed by atoms with Gasteiger partial charge in [-0.2, -0.15) is 0 Å². The molecule has 0 spiro atoms. The fourth-order valence-corrected chi connectivity index (χ4v) is 2.89. The van der Waals surface area contributed by atoms with Crippen LogP contribution in [0, 0.1) is 5.41 Å². The molecule has 0 radical (unpaired) electrons. The first-order valence-corrected chi connectivity index (χ1v) is 7.71. The predicted octanol–water partition coefficient (Wildman–Crippen LogP) is 4.36. The van der Waals surface area contributed by atoms with Crippen molar-refractivity contribution in [3.8, 4) is 0 Å². The van der Waals surface area contributed by atoms with Crippen LogP contribution < -0.4 is 5.32 Å². The van der Waals surface area contributed by atoms with E-state index in [-0.39, 0.29) is 5.41 Å². The number of rotatable bonds is 9. The summed E-state index contributed by atoms with van der Waals surface area (Å²) >= 11 is 1.93. The topological polar surface area (TPSA) is 12.0 Å². The van der Waals surface area contributed by atoms with Crippen LogP contribution in [-0.4, -0.2) is 18.8 Å². The summed E-state index contributed by atoms with van der Waals surface area (Å²) in [6.07, 6.45) is 4.44. The molecule has 0 heterocycles. The highest BCUT2D eigenvalue weighted by molar-refractivity contribution is 7.99. The van der Waals surface area contributed by atoms with E-state index >= 15 is 0 Å². The van der Waals surface area contributed by atoms with Gasteiger partial charge in [0.15, 0.2) is 0 Å². The van der Waals surface area contributed by atoms with Gasteiger partial charge in [0.2, 0.25) is 0 Å². The Bertz CT molecular complexity index is 336. The lowest BCUT2D eigenvalue weighted by atomic mass is 9.88. The molecule has 0 aromatic heterocycles. The van der Waals surface area contributed by atoms with E-state index in [2.05, 4.69) is 62.2 Å². The minimum Gasteiger partial charge on any atom is -0.316 e. The molecular weight excluding hydrogens is 238 g/mol. The zero-order valence-electron chi connectivity index (χ0n) is 11.6. The van der Waals surface area contributed by atoms with Gasteiger partial charge in [0.05, 0.1) is 0 Å². The second-order valence-electron chi connectivity index (χ2n) is 4.95. The predicted molar refractivity (Wildman–Crippen MR) is 83.2 cm³/mol. The van der Waals surface area contributed by atoms with E-state index in [1.54, 1.807) is 0 Å². The number of thioether (sulfide) groups is 1. The van der Waals surface area contributed by atoms with Crippen molar-refractivity contribution in [3.63, 3.8) is 0 Å². The van der Waals surface area contributed by atoms with Crippen LogP contribution in [0.5, 0.6) is 0 Å². The Morgan fingerprint density at radius 3 is 2.67 bits per heavy atom. The van der Waals surface area contributed by atoms with Crippen LogP contribution >= 0.6 is 11.8 Å². The SMILES string of the molecule is C=CC(C)(CCSc1ccccc1)CNCCC. The van der Waals surface area contributed by atoms with Gasteiger partial charge in [-0.05, 0) is 42.7 Å². The highest BCUT2D eigenvalue weighted by atomic mass is 32.2. The zero-order valence-corrected chi connectivity index (χ0v) is 12.4. The molecule has 0 aliphatic carbocycles. The Labute approximate surface area is 116 Å². The monoisotopic (exact) mass is 263 g/mol. The van der Waals surface area contributed by atoms with E-state index in [9.17, 15) is 0 Å². The van der Waals surface area contributed by atoms with E-state index < -0.39 is 0 Å². The Morgan fingerprint density at radius 1 is 1.33 bits per heavy atom. The average molecular weight is 263 g/mol. The lowest BCUT2D eigenvalue weighted by Crippen LogP contribution is -2.31. The normalized spacial score (nSPS) is 14.1. The molecule has 0 amide bonds. The van der Waals surface area contributed by atoms with Crippen molar-refractivity contribution in [2.24, 2.45) is 5.41 Å². The van der Waals surface area contributed by atoms with Gasteiger partial charge in [-0.3, -0.25) is 0 Å². The summed E-state index contributed by atoms with van der Waals surface area (Å²) in [4.78, 5) is 1.35. The van der Waals surface area contributed by atoms with Gasteiger partial charge in [-0.25, -0.2) is 0 Å². The number of hydrogen-bond acceptors (Lipinski definition) is 2. The molecule has 0 aliphatic heterocycles. The molecule has 18 heavy (non-hydrogen) atoms. The summed E-state index contributed by atoms with van der Waals surface area (Å²) in [6, 6.07) is 10.6. The number of nitrogens with one attached hydrogen (secondary N) is 1. The van der Waals surface area contributed by atoms with Gasteiger partial charge in [-0.15, -0.1) is 18.3 Å². The quantitative estimate of drug-likeness (QED) is 0.403. The second kappa shape index (κ2) is 8.39. The lowest BCUT2D eigenvalue weighted by molar-refractivity contribution is 0.384. The number of hydrogen-bond donors (Lipinski definition) is 1. The summed E-state index contributed by atoms with van der Waals surface area (Å²) in [7, 11) is 0. The molecule has 0 aliphatic rings. The maximum Gasteiger partial charge on any atom is 0.00719 e. The van der Waals surface area contributed by atoms with Crippen molar-refractivity contribution in [1.29, 1.82) is 0 Å². The molecule has 1 atom stereocenters. The van der Waals surface area contributed by atoms with Gasteiger partial charge in [0, 0.05) is 11.4 Å². The maximum atomic E-state index is 3.99. The molecule has 1 nitrogen and oxygen atoms in total. The first-order valence-electron chi connectivity index (χ1n) is 6.72. The average Bonchev–Trinajstić information content (AvgIpc) is 2.40. The molecule has 1 N–H and O–H groups in total. The van der Waals surface area contributed by atoms with E-state index in [0.717, 1.165) is 25.3 Å². The Hall–Kier alpha value is -0.730. The molecule has 1 unspecified atom stereocenters.